The van der Waals surface area contributed by atoms with Gasteiger partial charge in [0.2, 0.25) is 0 Å². The number of nitrogens with two attached hydrogens (primary N) is 1. The summed E-state index contributed by atoms with van der Waals surface area (Å²) < 4.78 is 0. The van der Waals surface area contributed by atoms with Gasteiger partial charge in [0.25, 0.3) is 0 Å². The van der Waals surface area contributed by atoms with E-state index in [4.69, 9.17) is 5.73 Å². The average Bonchev–Trinajstić information content (AvgIpc) is 2.67. The molecule has 2 nitrogen and oxygen atoms in total. The van der Waals surface area contributed by atoms with Crippen molar-refractivity contribution >= 4 is 11.3 Å². The lowest BCUT2D eigenvalue weighted by Gasteiger charge is -2.26. The molecule has 1 aliphatic rings. The molecular weight excluding hydrogens is 192 g/mol. The largest absolute Gasteiger partial charge is 0.326 e. The summed E-state index contributed by atoms with van der Waals surface area (Å²) in [5.41, 5.74) is 5.60. The van der Waals surface area contributed by atoms with Crippen molar-refractivity contribution < 1.29 is 0 Å². The lowest BCUT2D eigenvalue weighted by molar-refractivity contribution is 0.330. The van der Waals surface area contributed by atoms with Crippen LogP contribution in [0.3, 0.4) is 0 Å². The van der Waals surface area contributed by atoms with Crippen molar-refractivity contribution in [3.05, 3.63) is 16.1 Å². The Morgan fingerprint density at radius 1 is 1.50 bits per heavy atom. The van der Waals surface area contributed by atoms with Gasteiger partial charge in [-0.1, -0.05) is 26.2 Å². The normalized spacial score (nSPS) is 27.9. The van der Waals surface area contributed by atoms with E-state index in [1.54, 1.807) is 0 Å². The standard InChI is InChI=1S/C11H18N2S/c1-8-4-2-3-5-10(8)11-13-7-9(6-12)14-11/h7-8,10H,2-6,12H2,1H3. The van der Waals surface area contributed by atoms with Crippen LogP contribution in [0.5, 0.6) is 0 Å². The maximum absolute atomic E-state index is 5.60. The molecule has 2 N–H and O–H groups in total. The van der Waals surface area contributed by atoms with E-state index in [1.807, 2.05) is 17.5 Å². The van der Waals surface area contributed by atoms with Crippen LogP contribution in [0.15, 0.2) is 6.20 Å². The third-order valence-electron chi connectivity index (χ3n) is 3.20. The minimum Gasteiger partial charge on any atom is -0.326 e. The summed E-state index contributed by atoms with van der Waals surface area (Å²) in [4.78, 5) is 5.72. The average molecular weight is 210 g/mol. The summed E-state index contributed by atoms with van der Waals surface area (Å²) in [7, 11) is 0. The Morgan fingerprint density at radius 3 is 2.93 bits per heavy atom. The van der Waals surface area contributed by atoms with Gasteiger partial charge in [0.05, 0.1) is 5.01 Å². The smallest absolute Gasteiger partial charge is 0.0961 e. The van der Waals surface area contributed by atoms with Crippen molar-refractivity contribution in [3.8, 4) is 0 Å². The van der Waals surface area contributed by atoms with Gasteiger partial charge in [0.1, 0.15) is 0 Å². The molecule has 1 aromatic heterocycles. The van der Waals surface area contributed by atoms with Crippen molar-refractivity contribution in [3.63, 3.8) is 0 Å². The fourth-order valence-corrected chi connectivity index (χ4v) is 3.34. The van der Waals surface area contributed by atoms with E-state index < -0.39 is 0 Å². The molecule has 2 unspecified atom stereocenters. The van der Waals surface area contributed by atoms with Gasteiger partial charge in [-0.25, -0.2) is 4.98 Å². The van der Waals surface area contributed by atoms with Crippen LogP contribution in [0.4, 0.5) is 0 Å². The van der Waals surface area contributed by atoms with Gasteiger partial charge in [-0.3, -0.25) is 0 Å². The van der Waals surface area contributed by atoms with E-state index in [0.717, 1.165) is 5.92 Å². The van der Waals surface area contributed by atoms with Crippen LogP contribution >= 0.6 is 11.3 Å². The highest BCUT2D eigenvalue weighted by Gasteiger charge is 2.25. The molecule has 0 saturated heterocycles. The number of thiazole rings is 1. The van der Waals surface area contributed by atoms with E-state index in [1.165, 1.54) is 35.6 Å². The molecule has 1 saturated carbocycles. The summed E-state index contributed by atoms with van der Waals surface area (Å²) in [6.45, 7) is 2.99. The fraction of sp³-hybridized carbons (Fsp3) is 0.727. The Bertz CT molecular complexity index is 295. The third-order valence-corrected chi connectivity index (χ3v) is 4.35. The first-order valence-corrected chi connectivity index (χ1v) is 6.27. The van der Waals surface area contributed by atoms with E-state index in [0.29, 0.717) is 12.5 Å². The molecule has 14 heavy (non-hydrogen) atoms. The lowest BCUT2D eigenvalue weighted by atomic mass is 9.81. The Balaban J connectivity index is 2.12. The van der Waals surface area contributed by atoms with Gasteiger partial charge in [-0.05, 0) is 12.3 Å². The number of rotatable bonds is 2. The summed E-state index contributed by atoms with van der Waals surface area (Å²) in [6, 6.07) is 0. The summed E-state index contributed by atoms with van der Waals surface area (Å²) >= 11 is 1.81. The van der Waals surface area contributed by atoms with E-state index >= 15 is 0 Å². The molecule has 0 spiro atoms. The zero-order chi connectivity index (χ0) is 9.97. The maximum Gasteiger partial charge on any atom is 0.0961 e. The first-order chi connectivity index (χ1) is 6.81. The predicted molar refractivity (Wildman–Crippen MR) is 60.4 cm³/mol. The third kappa shape index (κ3) is 1.98. The zero-order valence-corrected chi connectivity index (χ0v) is 9.52. The first-order valence-electron chi connectivity index (χ1n) is 5.46. The predicted octanol–water partition coefficient (Wildman–Crippen LogP) is 2.90. The minimum atomic E-state index is 0.638. The number of hydrogen-bond acceptors (Lipinski definition) is 3. The Kier molecular flexibility index (Phi) is 3.19. The van der Waals surface area contributed by atoms with Crippen molar-refractivity contribution in [1.82, 2.24) is 4.98 Å². The molecule has 1 aromatic rings. The van der Waals surface area contributed by atoms with Gasteiger partial charge in [-0.2, -0.15) is 0 Å². The van der Waals surface area contributed by atoms with Gasteiger partial charge >= 0.3 is 0 Å². The number of hydrogen-bond donors (Lipinski definition) is 1. The van der Waals surface area contributed by atoms with E-state index in [9.17, 15) is 0 Å². The SMILES string of the molecule is CC1CCCCC1c1ncc(CN)s1. The zero-order valence-electron chi connectivity index (χ0n) is 8.70. The van der Waals surface area contributed by atoms with Crippen LogP contribution in [-0.2, 0) is 6.54 Å². The second kappa shape index (κ2) is 4.41. The molecule has 0 radical (unpaired) electrons. The molecule has 1 heterocycles. The van der Waals surface area contributed by atoms with Crippen molar-refractivity contribution in [2.45, 2.75) is 45.1 Å². The van der Waals surface area contributed by atoms with Crippen molar-refractivity contribution in [2.75, 3.05) is 0 Å². The molecule has 78 valence electrons. The fourth-order valence-electron chi connectivity index (χ4n) is 2.27. The highest BCUT2D eigenvalue weighted by molar-refractivity contribution is 7.11. The second-order valence-electron chi connectivity index (χ2n) is 4.24. The molecule has 3 heteroatoms. The molecule has 0 aliphatic heterocycles. The summed E-state index contributed by atoms with van der Waals surface area (Å²) in [6.07, 6.45) is 7.39. The molecule has 2 rings (SSSR count). The molecule has 0 bridgehead atoms. The highest BCUT2D eigenvalue weighted by Crippen LogP contribution is 2.38. The van der Waals surface area contributed by atoms with Crippen LogP contribution in [0.2, 0.25) is 0 Å². The van der Waals surface area contributed by atoms with Crippen LogP contribution in [0, 0.1) is 5.92 Å². The first kappa shape index (κ1) is 10.1. The Labute approximate surface area is 89.5 Å². The molecule has 0 amide bonds. The van der Waals surface area contributed by atoms with Crippen LogP contribution in [0.1, 0.15) is 48.4 Å². The van der Waals surface area contributed by atoms with E-state index in [2.05, 4.69) is 11.9 Å². The van der Waals surface area contributed by atoms with Crippen LogP contribution in [0.25, 0.3) is 0 Å². The quantitative estimate of drug-likeness (QED) is 0.815. The molecule has 1 aliphatic carbocycles. The van der Waals surface area contributed by atoms with Gasteiger partial charge in [-0.15, -0.1) is 11.3 Å². The van der Waals surface area contributed by atoms with Crippen LogP contribution in [-0.4, -0.2) is 4.98 Å². The van der Waals surface area contributed by atoms with Crippen molar-refractivity contribution in [1.29, 1.82) is 0 Å². The monoisotopic (exact) mass is 210 g/mol. The minimum absolute atomic E-state index is 0.638. The summed E-state index contributed by atoms with van der Waals surface area (Å²) in [5, 5.41) is 1.32. The number of aromatic nitrogens is 1. The molecular formula is C11H18N2S. The van der Waals surface area contributed by atoms with Gasteiger partial charge in [0, 0.05) is 23.5 Å². The molecule has 0 aromatic carbocycles. The summed E-state index contributed by atoms with van der Waals surface area (Å²) in [5.74, 6) is 1.51. The van der Waals surface area contributed by atoms with Gasteiger partial charge in [0.15, 0.2) is 0 Å². The number of nitrogens with zero attached hydrogens (tertiary/aromatic N) is 1. The topological polar surface area (TPSA) is 38.9 Å². The Hall–Kier alpha value is -0.410. The maximum atomic E-state index is 5.60. The highest BCUT2D eigenvalue weighted by atomic mass is 32.1. The Morgan fingerprint density at radius 2 is 2.29 bits per heavy atom. The molecule has 2 atom stereocenters. The molecule has 1 fully saturated rings. The second-order valence-corrected chi connectivity index (χ2v) is 5.38. The van der Waals surface area contributed by atoms with Crippen molar-refractivity contribution in [2.24, 2.45) is 11.7 Å². The van der Waals surface area contributed by atoms with Gasteiger partial charge < -0.3 is 5.73 Å². The van der Waals surface area contributed by atoms with Crippen LogP contribution < -0.4 is 5.73 Å². The van der Waals surface area contributed by atoms with E-state index in [-0.39, 0.29) is 0 Å². The lowest BCUT2D eigenvalue weighted by Crippen LogP contribution is -2.14.